The van der Waals surface area contributed by atoms with E-state index >= 15 is 0 Å². The third-order valence-corrected chi connectivity index (χ3v) is 4.86. The van der Waals surface area contributed by atoms with Gasteiger partial charge in [0.1, 0.15) is 12.4 Å². The maximum absolute atomic E-state index is 11.4. The third kappa shape index (κ3) is 2.86. The predicted molar refractivity (Wildman–Crippen MR) is 106 cm³/mol. The molecular weight excluding hydrogens is 322 g/mol. The molecule has 0 aliphatic heterocycles. The van der Waals surface area contributed by atoms with Gasteiger partial charge < -0.3 is 9.30 Å². The van der Waals surface area contributed by atoms with Gasteiger partial charge >= 0.3 is 0 Å². The van der Waals surface area contributed by atoms with Crippen molar-refractivity contribution in [2.24, 2.45) is 0 Å². The highest BCUT2D eigenvalue weighted by molar-refractivity contribution is 5.99. The number of carbonyl (C=O) groups is 1. The first-order valence-electron chi connectivity index (χ1n) is 8.98. The molecule has 0 unspecified atom stereocenters. The quantitative estimate of drug-likeness (QED) is 0.448. The minimum atomic E-state index is 0.550. The number of fused-ring (bicyclic) bond motifs is 2. The van der Waals surface area contributed by atoms with Crippen LogP contribution in [0.3, 0.4) is 0 Å². The van der Waals surface area contributed by atoms with E-state index in [1.54, 1.807) is 0 Å². The van der Waals surface area contributed by atoms with Crippen molar-refractivity contribution in [1.82, 2.24) is 4.57 Å². The fraction of sp³-hybridized carbons (Fsp3) is 0.174. The third-order valence-electron chi connectivity index (χ3n) is 4.86. The molecule has 3 heteroatoms. The molecule has 3 nitrogen and oxygen atoms in total. The van der Waals surface area contributed by atoms with E-state index in [9.17, 15) is 4.79 Å². The van der Waals surface area contributed by atoms with Gasteiger partial charge in [0.2, 0.25) is 0 Å². The molecule has 0 atom stereocenters. The molecule has 4 rings (SSSR count). The smallest absolute Gasteiger partial charge is 0.152 e. The van der Waals surface area contributed by atoms with E-state index in [1.807, 2.05) is 42.6 Å². The Morgan fingerprint density at radius 1 is 0.962 bits per heavy atom. The Bertz CT molecular complexity index is 1070. The second-order valence-electron chi connectivity index (χ2n) is 6.39. The van der Waals surface area contributed by atoms with Crippen LogP contribution in [0.15, 0.2) is 66.9 Å². The summed E-state index contributed by atoms with van der Waals surface area (Å²) >= 11 is 0. The topological polar surface area (TPSA) is 31.2 Å². The molecule has 0 aliphatic carbocycles. The molecule has 0 spiro atoms. The van der Waals surface area contributed by atoms with Crippen LogP contribution in [-0.4, -0.2) is 17.5 Å². The first kappa shape index (κ1) is 16.4. The molecular formula is C23H21NO2. The number of rotatable bonds is 6. The summed E-state index contributed by atoms with van der Waals surface area (Å²) in [6.45, 7) is 3.39. The van der Waals surface area contributed by atoms with E-state index in [0.717, 1.165) is 40.3 Å². The van der Waals surface area contributed by atoms with Crippen molar-refractivity contribution in [3.63, 3.8) is 0 Å². The lowest BCUT2D eigenvalue weighted by molar-refractivity contribution is 0.112. The van der Waals surface area contributed by atoms with Gasteiger partial charge in [-0.15, -0.1) is 0 Å². The second kappa shape index (κ2) is 7.04. The van der Waals surface area contributed by atoms with Gasteiger partial charge in [0.25, 0.3) is 0 Å². The van der Waals surface area contributed by atoms with Crippen molar-refractivity contribution in [2.45, 2.75) is 19.9 Å². The number of aldehydes is 1. The number of aryl methyl sites for hydroxylation is 1. The average molecular weight is 343 g/mol. The van der Waals surface area contributed by atoms with Gasteiger partial charge in [0, 0.05) is 22.5 Å². The van der Waals surface area contributed by atoms with Crippen LogP contribution in [0.2, 0.25) is 0 Å². The predicted octanol–water partition coefficient (Wildman–Crippen LogP) is 5.25. The summed E-state index contributed by atoms with van der Waals surface area (Å²) in [5.74, 6) is 0.894. The van der Waals surface area contributed by atoms with Gasteiger partial charge in [0.15, 0.2) is 6.29 Å². The van der Waals surface area contributed by atoms with Gasteiger partial charge in [-0.2, -0.15) is 0 Å². The molecule has 1 heterocycles. The van der Waals surface area contributed by atoms with Crippen molar-refractivity contribution >= 4 is 28.0 Å². The summed E-state index contributed by atoms with van der Waals surface area (Å²) in [4.78, 5) is 11.4. The fourth-order valence-corrected chi connectivity index (χ4v) is 3.60. The molecule has 0 aliphatic rings. The van der Waals surface area contributed by atoms with Crippen LogP contribution in [0.5, 0.6) is 5.75 Å². The largest absolute Gasteiger partial charge is 0.491 e. The average Bonchev–Trinajstić information content (AvgIpc) is 3.06. The van der Waals surface area contributed by atoms with Crippen LogP contribution >= 0.6 is 0 Å². The lowest BCUT2D eigenvalue weighted by Crippen LogP contribution is -2.08. The summed E-state index contributed by atoms with van der Waals surface area (Å²) in [7, 11) is 0. The number of aromatic nitrogens is 1. The summed E-state index contributed by atoms with van der Waals surface area (Å²) in [5.41, 5.74) is 3.12. The molecule has 0 N–H and O–H groups in total. The summed E-state index contributed by atoms with van der Waals surface area (Å²) < 4.78 is 8.22. The van der Waals surface area contributed by atoms with Crippen LogP contribution in [-0.2, 0) is 13.0 Å². The molecule has 0 saturated carbocycles. The standard InChI is InChI=1S/C23H21NO2/c1-2-17-8-5-11-21-19(16-25)15-24(23(17)21)13-14-26-22-12-6-9-18-7-3-4-10-20(18)22/h3-12,15-16H,2,13-14H2,1H3. The van der Waals surface area contributed by atoms with Crippen molar-refractivity contribution in [3.05, 3.63) is 78.0 Å². The molecule has 26 heavy (non-hydrogen) atoms. The van der Waals surface area contributed by atoms with E-state index in [-0.39, 0.29) is 0 Å². The zero-order valence-electron chi connectivity index (χ0n) is 14.8. The van der Waals surface area contributed by atoms with Crippen LogP contribution in [0.25, 0.3) is 21.7 Å². The Kier molecular flexibility index (Phi) is 4.44. The fourth-order valence-electron chi connectivity index (χ4n) is 3.60. The normalized spacial score (nSPS) is 11.1. The Hall–Kier alpha value is -3.07. The van der Waals surface area contributed by atoms with Gasteiger partial charge in [0.05, 0.1) is 12.1 Å². The maximum Gasteiger partial charge on any atom is 0.152 e. The molecule has 0 radical (unpaired) electrons. The molecule has 4 aromatic rings. The van der Waals surface area contributed by atoms with E-state index in [2.05, 4.69) is 35.8 Å². The molecule has 3 aromatic carbocycles. The lowest BCUT2D eigenvalue weighted by Gasteiger charge is -2.12. The van der Waals surface area contributed by atoms with Crippen molar-refractivity contribution in [2.75, 3.05) is 6.61 Å². The van der Waals surface area contributed by atoms with Gasteiger partial charge in [-0.3, -0.25) is 4.79 Å². The van der Waals surface area contributed by atoms with Crippen LogP contribution in [0.1, 0.15) is 22.8 Å². The summed E-state index contributed by atoms with van der Waals surface area (Å²) in [6.07, 6.45) is 3.80. The van der Waals surface area contributed by atoms with Crippen molar-refractivity contribution < 1.29 is 9.53 Å². The number of nitrogens with zero attached hydrogens (tertiary/aromatic N) is 1. The molecule has 0 amide bonds. The molecule has 0 bridgehead atoms. The van der Waals surface area contributed by atoms with E-state index < -0.39 is 0 Å². The molecule has 130 valence electrons. The Morgan fingerprint density at radius 2 is 1.73 bits per heavy atom. The molecule has 1 aromatic heterocycles. The Morgan fingerprint density at radius 3 is 2.58 bits per heavy atom. The molecule has 0 saturated heterocycles. The minimum absolute atomic E-state index is 0.550. The number of hydrogen-bond donors (Lipinski definition) is 0. The second-order valence-corrected chi connectivity index (χ2v) is 6.39. The van der Waals surface area contributed by atoms with Crippen LogP contribution in [0, 0.1) is 0 Å². The van der Waals surface area contributed by atoms with Crippen LogP contribution < -0.4 is 4.74 Å². The Balaban J connectivity index is 1.61. The minimum Gasteiger partial charge on any atom is -0.491 e. The Labute approximate surface area is 152 Å². The first-order chi connectivity index (χ1) is 12.8. The van der Waals surface area contributed by atoms with E-state index in [1.165, 1.54) is 10.9 Å². The monoisotopic (exact) mass is 343 g/mol. The highest BCUT2D eigenvalue weighted by Crippen LogP contribution is 2.26. The highest BCUT2D eigenvalue weighted by Gasteiger charge is 2.11. The highest BCUT2D eigenvalue weighted by atomic mass is 16.5. The van der Waals surface area contributed by atoms with Crippen molar-refractivity contribution in [1.29, 1.82) is 0 Å². The number of ether oxygens (including phenoxy) is 1. The zero-order valence-corrected chi connectivity index (χ0v) is 14.8. The maximum atomic E-state index is 11.4. The number of hydrogen-bond acceptors (Lipinski definition) is 2. The first-order valence-corrected chi connectivity index (χ1v) is 8.98. The lowest BCUT2D eigenvalue weighted by atomic mass is 10.1. The van der Waals surface area contributed by atoms with Gasteiger partial charge in [-0.1, -0.05) is 61.5 Å². The molecule has 0 fully saturated rings. The number of carbonyl (C=O) groups excluding carboxylic acids is 1. The van der Waals surface area contributed by atoms with E-state index in [4.69, 9.17) is 4.74 Å². The SMILES string of the molecule is CCc1cccc2c(C=O)cn(CCOc3cccc4ccccc34)c12. The summed E-state index contributed by atoms with van der Waals surface area (Å²) in [5, 5.41) is 3.31. The number of para-hydroxylation sites is 1. The number of benzene rings is 3. The van der Waals surface area contributed by atoms with Gasteiger partial charge in [-0.05, 0) is 23.4 Å². The van der Waals surface area contributed by atoms with Crippen LogP contribution in [0.4, 0.5) is 0 Å². The zero-order chi connectivity index (χ0) is 17.9. The van der Waals surface area contributed by atoms with E-state index in [0.29, 0.717) is 13.2 Å². The van der Waals surface area contributed by atoms with Gasteiger partial charge in [-0.25, -0.2) is 0 Å². The summed E-state index contributed by atoms with van der Waals surface area (Å²) in [6, 6.07) is 20.5. The van der Waals surface area contributed by atoms with Crippen molar-refractivity contribution in [3.8, 4) is 5.75 Å².